The molecule has 0 saturated carbocycles. The van der Waals surface area contributed by atoms with E-state index in [0.717, 1.165) is 6.42 Å². The molecule has 20 heavy (non-hydrogen) atoms. The molecule has 2 atom stereocenters. The summed E-state index contributed by atoms with van der Waals surface area (Å²) in [7, 11) is 1.58. The van der Waals surface area contributed by atoms with Gasteiger partial charge in [0.05, 0.1) is 7.11 Å². The van der Waals surface area contributed by atoms with Gasteiger partial charge in [0.25, 0.3) is 0 Å². The van der Waals surface area contributed by atoms with E-state index < -0.39 is 12.1 Å². The molecule has 1 aliphatic rings. The Balaban J connectivity index is 2.35. The first-order valence-electron chi connectivity index (χ1n) is 6.86. The van der Waals surface area contributed by atoms with Crippen LogP contribution in [-0.2, 0) is 9.59 Å². The number of nitrogens with one attached hydrogen (secondary N) is 1. The predicted octanol–water partition coefficient (Wildman–Crippen LogP) is 1.72. The highest BCUT2D eigenvalue weighted by molar-refractivity contribution is 6.08. The zero-order chi connectivity index (χ0) is 14.7. The fraction of sp³-hybridized carbons (Fsp3) is 0.467. The smallest absolute Gasteiger partial charge is 0.250 e. The summed E-state index contributed by atoms with van der Waals surface area (Å²) < 4.78 is 5.18. The molecule has 108 valence electrons. The maximum Gasteiger partial charge on any atom is 0.250 e. The molecule has 1 aliphatic heterocycles. The molecule has 2 amide bonds. The lowest BCUT2D eigenvalue weighted by atomic mass is 10.0. The number of piperazine rings is 1. The number of carbonyl (C=O) groups is 2. The molecule has 5 heteroatoms. The summed E-state index contributed by atoms with van der Waals surface area (Å²) in [5, 5.41) is 2.78. The van der Waals surface area contributed by atoms with E-state index in [0.29, 0.717) is 17.9 Å². The molecule has 1 saturated heterocycles. The molecule has 1 aromatic rings. The van der Waals surface area contributed by atoms with Gasteiger partial charge in [-0.1, -0.05) is 19.4 Å². The standard InChI is InChI=1S/C15H20N2O3/c1-4-6-13-15(19)17(10(2)14(18)16-13)11-7-5-8-12(9-11)20-3/h5,7-10,13H,4,6H2,1-3H3,(H,16,18). The van der Waals surface area contributed by atoms with Crippen molar-refractivity contribution in [3.8, 4) is 5.75 Å². The second-order valence-electron chi connectivity index (χ2n) is 4.94. The lowest BCUT2D eigenvalue weighted by Gasteiger charge is -2.37. The van der Waals surface area contributed by atoms with Crippen LogP contribution in [0.2, 0.25) is 0 Å². The van der Waals surface area contributed by atoms with Crippen molar-refractivity contribution in [1.29, 1.82) is 0 Å². The fourth-order valence-electron chi connectivity index (χ4n) is 2.43. The second kappa shape index (κ2) is 5.94. The van der Waals surface area contributed by atoms with Crippen LogP contribution in [-0.4, -0.2) is 31.0 Å². The molecule has 0 bridgehead atoms. The van der Waals surface area contributed by atoms with Crippen LogP contribution in [0.5, 0.6) is 5.75 Å². The Labute approximate surface area is 118 Å². The molecule has 0 aliphatic carbocycles. The van der Waals surface area contributed by atoms with E-state index in [4.69, 9.17) is 4.74 Å². The van der Waals surface area contributed by atoms with E-state index >= 15 is 0 Å². The molecular weight excluding hydrogens is 256 g/mol. The SMILES string of the molecule is CCCC1NC(=O)C(C)N(c2cccc(OC)c2)C1=O. The van der Waals surface area contributed by atoms with Gasteiger partial charge >= 0.3 is 0 Å². The van der Waals surface area contributed by atoms with E-state index in [1.807, 2.05) is 25.1 Å². The van der Waals surface area contributed by atoms with E-state index in [1.165, 1.54) is 0 Å². The quantitative estimate of drug-likeness (QED) is 0.911. The van der Waals surface area contributed by atoms with Crippen molar-refractivity contribution in [2.75, 3.05) is 12.0 Å². The van der Waals surface area contributed by atoms with E-state index in [2.05, 4.69) is 5.32 Å². The fourth-order valence-corrected chi connectivity index (χ4v) is 2.43. The molecule has 1 heterocycles. The minimum atomic E-state index is -0.511. The topological polar surface area (TPSA) is 58.6 Å². The van der Waals surface area contributed by atoms with Crippen LogP contribution in [0.25, 0.3) is 0 Å². The summed E-state index contributed by atoms with van der Waals surface area (Å²) in [5.74, 6) is 0.485. The highest BCUT2D eigenvalue weighted by atomic mass is 16.5. The van der Waals surface area contributed by atoms with Crippen LogP contribution in [0.15, 0.2) is 24.3 Å². The Hall–Kier alpha value is -2.04. The van der Waals surface area contributed by atoms with Crippen LogP contribution < -0.4 is 15.0 Å². The monoisotopic (exact) mass is 276 g/mol. The molecule has 1 aromatic carbocycles. The van der Waals surface area contributed by atoms with Gasteiger partial charge in [0.2, 0.25) is 11.8 Å². The highest BCUT2D eigenvalue weighted by Crippen LogP contribution is 2.26. The average molecular weight is 276 g/mol. The lowest BCUT2D eigenvalue weighted by molar-refractivity contribution is -0.133. The number of benzene rings is 1. The molecule has 0 spiro atoms. The lowest BCUT2D eigenvalue weighted by Crippen LogP contribution is -2.62. The molecule has 2 rings (SSSR count). The Bertz CT molecular complexity index is 516. The van der Waals surface area contributed by atoms with Gasteiger partial charge in [0, 0.05) is 11.8 Å². The number of anilines is 1. The zero-order valence-electron chi connectivity index (χ0n) is 12.1. The predicted molar refractivity (Wildman–Crippen MR) is 76.8 cm³/mol. The summed E-state index contributed by atoms with van der Waals surface area (Å²) in [6.07, 6.45) is 1.49. The number of carbonyl (C=O) groups excluding carboxylic acids is 2. The first kappa shape index (κ1) is 14.4. The number of rotatable bonds is 4. The Morgan fingerprint density at radius 1 is 1.35 bits per heavy atom. The maximum absolute atomic E-state index is 12.5. The van der Waals surface area contributed by atoms with Crippen molar-refractivity contribution in [2.24, 2.45) is 0 Å². The number of nitrogens with zero attached hydrogens (tertiary/aromatic N) is 1. The van der Waals surface area contributed by atoms with Crippen LogP contribution in [0, 0.1) is 0 Å². The van der Waals surface area contributed by atoms with Crippen molar-refractivity contribution in [3.05, 3.63) is 24.3 Å². The van der Waals surface area contributed by atoms with Gasteiger partial charge in [-0.3, -0.25) is 14.5 Å². The minimum Gasteiger partial charge on any atom is -0.497 e. The Kier molecular flexibility index (Phi) is 4.27. The first-order chi connectivity index (χ1) is 9.58. The third kappa shape index (κ3) is 2.61. The average Bonchev–Trinajstić information content (AvgIpc) is 2.45. The van der Waals surface area contributed by atoms with Gasteiger partial charge in [-0.15, -0.1) is 0 Å². The summed E-state index contributed by atoms with van der Waals surface area (Å²) in [6, 6.07) is 6.27. The summed E-state index contributed by atoms with van der Waals surface area (Å²) in [5.41, 5.74) is 0.692. The molecule has 0 radical (unpaired) electrons. The second-order valence-corrected chi connectivity index (χ2v) is 4.94. The molecule has 5 nitrogen and oxygen atoms in total. The van der Waals surface area contributed by atoms with Gasteiger partial charge in [-0.2, -0.15) is 0 Å². The number of ether oxygens (including phenoxy) is 1. The largest absolute Gasteiger partial charge is 0.497 e. The van der Waals surface area contributed by atoms with Gasteiger partial charge < -0.3 is 10.1 Å². The Morgan fingerprint density at radius 2 is 2.10 bits per heavy atom. The molecule has 1 N–H and O–H groups in total. The van der Waals surface area contributed by atoms with Gasteiger partial charge in [0.15, 0.2) is 0 Å². The number of hydrogen-bond donors (Lipinski definition) is 1. The first-order valence-corrected chi connectivity index (χ1v) is 6.86. The van der Waals surface area contributed by atoms with Crippen LogP contribution >= 0.6 is 0 Å². The minimum absolute atomic E-state index is 0.0628. The van der Waals surface area contributed by atoms with E-state index in [9.17, 15) is 9.59 Å². The van der Waals surface area contributed by atoms with Crippen molar-refractivity contribution in [2.45, 2.75) is 38.8 Å². The number of hydrogen-bond acceptors (Lipinski definition) is 3. The van der Waals surface area contributed by atoms with Crippen molar-refractivity contribution < 1.29 is 14.3 Å². The third-order valence-electron chi connectivity index (χ3n) is 3.53. The van der Waals surface area contributed by atoms with Crippen LogP contribution in [0.1, 0.15) is 26.7 Å². The van der Waals surface area contributed by atoms with Gasteiger partial charge in [-0.05, 0) is 25.5 Å². The summed E-state index contributed by atoms with van der Waals surface area (Å²) >= 11 is 0. The third-order valence-corrected chi connectivity index (χ3v) is 3.53. The van der Waals surface area contributed by atoms with Gasteiger partial charge in [-0.25, -0.2) is 0 Å². The van der Waals surface area contributed by atoms with Crippen LogP contribution in [0.3, 0.4) is 0 Å². The summed E-state index contributed by atoms with van der Waals surface area (Å²) in [6.45, 7) is 3.72. The summed E-state index contributed by atoms with van der Waals surface area (Å²) in [4.78, 5) is 26.1. The van der Waals surface area contributed by atoms with Crippen LogP contribution in [0.4, 0.5) is 5.69 Å². The maximum atomic E-state index is 12.5. The Morgan fingerprint density at radius 3 is 2.75 bits per heavy atom. The molecular formula is C15H20N2O3. The molecule has 1 fully saturated rings. The van der Waals surface area contributed by atoms with Crippen molar-refractivity contribution in [3.63, 3.8) is 0 Å². The van der Waals surface area contributed by atoms with Gasteiger partial charge in [0.1, 0.15) is 17.8 Å². The van der Waals surface area contributed by atoms with E-state index in [1.54, 1.807) is 25.0 Å². The number of amides is 2. The highest BCUT2D eigenvalue weighted by Gasteiger charge is 2.38. The molecule has 2 unspecified atom stereocenters. The number of methoxy groups -OCH3 is 1. The van der Waals surface area contributed by atoms with Crippen molar-refractivity contribution in [1.82, 2.24) is 5.32 Å². The van der Waals surface area contributed by atoms with E-state index in [-0.39, 0.29) is 11.8 Å². The zero-order valence-corrected chi connectivity index (χ0v) is 12.1. The normalized spacial score (nSPS) is 22.6. The molecule has 0 aromatic heterocycles. The van der Waals surface area contributed by atoms with Crippen molar-refractivity contribution >= 4 is 17.5 Å².